The number of hydrazine groups is 1. The summed E-state index contributed by atoms with van der Waals surface area (Å²) >= 11 is 5.94. The van der Waals surface area contributed by atoms with Crippen LogP contribution in [-0.4, -0.2) is 25.0 Å². The van der Waals surface area contributed by atoms with Crippen molar-refractivity contribution >= 4 is 34.8 Å². The second-order valence-corrected chi connectivity index (χ2v) is 8.80. The van der Waals surface area contributed by atoms with Crippen molar-refractivity contribution < 1.29 is 19.1 Å². The molecule has 4 rings (SSSR count). The smallest absolute Gasteiger partial charge is 0.243 e. The number of hydrogen-bond acceptors (Lipinski definition) is 5. The molecule has 182 valence electrons. The van der Waals surface area contributed by atoms with Gasteiger partial charge in [0.05, 0.1) is 18.2 Å². The SMILES string of the molecule is CCOc1cc(NNC(=O)[C@H]2CC(=O)N(c3ccc(C)cc3)C2)ccc1OCc1ccc(Cl)cc1. The Kier molecular flexibility index (Phi) is 7.77. The van der Waals surface area contributed by atoms with Crippen molar-refractivity contribution in [3.63, 3.8) is 0 Å². The van der Waals surface area contributed by atoms with Gasteiger partial charge in [0, 0.05) is 29.7 Å². The third kappa shape index (κ3) is 6.25. The highest BCUT2D eigenvalue weighted by molar-refractivity contribution is 6.30. The molecule has 3 aromatic carbocycles. The van der Waals surface area contributed by atoms with E-state index >= 15 is 0 Å². The summed E-state index contributed by atoms with van der Waals surface area (Å²) < 4.78 is 11.7. The third-order valence-corrected chi connectivity index (χ3v) is 5.97. The summed E-state index contributed by atoms with van der Waals surface area (Å²) in [6, 6.07) is 20.5. The van der Waals surface area contributed by atoms with E-state index in [0.717, 1.165) is 16.8 Å². The largest absolute Gasteiger partial charge is 0.490 e. The van der Waals surface area contributed by atoms with Crippen LogP contribution < -0.4 is 25.2 Å². The average molecular weight is 494 g/mol. The lowest BCUT2D eigenvalue weighted by atomic mass is 10.1. The van der Waals surface area contributed by atoms with Gasteiger partial charge in [-0.1, -0.05) is 41.4 Å². The maximum absolute atomic E-state index is 12.7. The normalized spacial score (nSPS) is 15.1. The van der Waals surface area contributed by atoms with Gasteiger partial charge in [-0.3, -0.25) is 20.4 Å². The van der Waals surface area contributed by atoms with Crippen molar-refractivity contribution in [2.24, 2.45) is 5.92 Å². The Labute approximate surface area is 210 Å². The fourth-order valence-corrected chi connectivity index (χ4v) is 3.93. The second kappa shape index (κ2) is 11.1. The molecule has 0 aromatic heterocycles. The molecule has 1 fully saturated rings. The molecular weight excluding hydrogens is 466 g/mol. The summed E-state index contributed by atoms with van der Waals surface area (Å²) in [5.41, 5.74) is 9.19. The van der Waals surface area contributed by atoms with E-state index in [0.29, 0.717) is 42.0 Å². The van der Waals surface area contributed by atoms with Gasteiger partial charge in [0.15, 0.2) is 11.5 Å². The lowest BCUT2D eigenvalue weighted by molar-refractivity contribution is -0.125. The molecular formula is C27H28ClN3O4. The monoisotopic (exact) mass is 493 g/mol. The Morgan fingerprint density at radius 2 is 1.77 bits per heavy atom. The zero-order valence-electron chi connectivity index (χ0n) is 19.7. The van der Waals surface area contributed by atoms with Crippen LogP contribution in [0.1, 0.15) is 24.5 Å². The number of nitrogens with zero attached hydrogens (tertiary/aromatic N) is 1. The molecule has 1 aliphatic heterocycles. The van der Waals surface area contributed by atoms with E-state index < -0.39 is 5.92 Å². The average Bonchev–Trinajstić information content (AvgIpc) is 3.25. The van der Waals surface area contributed by atoms with Gasteiger partial charge in [0.25, 0.3) is 0 Å². The van der Waals surface area contributed by atoms with Crippen LogP contribution in [-0.2, 0) is 16.2 Å². The summed E-state index contributed by atoms with van der Waals surface area (Å²) in [7, 11) is 0. The van der Waals surface area contributed by atoms with Gasteiger partial charge in [-0.2, -0.15) is 0 Å². The van der Waals surface area contributed by atoms with Crippen LogP contribution in [0.5, 0.6) is 11.5 Å². The standard InChI is InChI=1S/C27H28ClN3O4/c1-3-34-25-15-22(10-13-24(25)35-17-19-6-8-21(28)9-7-19)29-30-27(33)20-14-26(32)31(16-20)23-11-4-18(2)5-12-23/h4-13,15,20,29H,3,14,16-17H2,1-2H3,(H,30,33)/t20-/m0/s1. The second-order valence-electron chi connectivity index (χ2n) is 8.36. The molecule has 1 saturated heterocycles. The molecule has 1 atom stereocenters. The van der Waals surface area contributed by atoms with Crippen molar-refractivity contribution in [3.8, 4) is 11.5 Å². The Bertz CT molecular complexity index is 1180. The van der Waals surface area contributed by atoms with Crippen molar-refractivity contribution in [1.82, 2.24) is 5.43 Å². The first-order valence-corrected chi connectivity index (χ1v) is 11.9. The van der Waals surface area contributed by atoms with E-state index in [1.807, 2.05) is 62.4 Å². The molecule has 7 nitrogen and oxygen atoms in total. The number of carbonyl (C=O) groups is 2. The van der Waals surface area contributed by atoms with Gasteiger partial charge in [0.2, 0.25) is 11.8 Å². The van der Waals surface area contributed by atoms with Gasteiger partial charge in [0.1, 0.15) is 6.61 Å². The minimum Gasteiger partial charge on any atom is -0.490 e. The summed E-state index contributed by atoms with van der Waals surface area (Å²) in [6.45, 7) is 5.06. The number of halogens is 1. The lowest BCUT2D eigenvalue weighted by Gasteiger charge is -2.18. The van der Waals surface area contributed by atoms with E-state index in [4.69, 9.17) is 21.1 Å². The first-order chi connectivity index (χ1) is 16.9. The molecule has 0 aliphatic carbocycles. The molecule has 0 saturated carbocycles. The summed E-state index contributed by atoms with van der Waals surface area (Å²) in [6.07, 6.45) is 0.170. The number of ether oxygens (including phenoxy) is 2. The van der Waals surface area contributed by atoms with Crippen molar-refractivity contribution in [2.45, 2.75) is 26.9 Å². The maximum Gasteiger partial charge on any atom is 0.243 e. The van der Waals surface area contributed by atoms with Gasteiger partial charge >= 0.3 is 0 Å². The molecule has 8 heteroatoms. The number of rotatable bonds is 9. The minimum atomic E-state index is -0.440. The van der Waals surface area contributed by atoms with Crippen LogP contribution in [0.3, 0.4) is 0 Å². The molecule has 1 aliphatic rings. The van der Waals surface area contributed by atoms with Gasteiger partial charge < -0.3 is 14.4 Å². The number of anilines is 2. The van der Waals surface area contributed by atoms with E-state index in [-0.39, 0.29) is 18.2 Å². The fourth-order valence-electron chi connectivity index (χ4n) is 3.81. The number of carbonyl (C=O) groups excluding carboxylic acids is 2. The topological polar surface area (TPSA) is 79.9 Å². The number of benzene rings is 3. The van der Waals surface area contributed by atoms with E-state index in [2.05, 4.69) is 10.9 Å². The molecule has 1 heterocycles. The molecule has 0 spiro atoms. The van der Waals surface area contributed by atoms with Crippen LogP contribution in [0, 0.1) is 12.8 Å². The van der Waals surface area contributed by atoms with Crippen molar-refractivity contribution in [1.29, 1.82) is 0 Å². The van der Waals surface area contributed by atoms with Crippen molar-refractivity contribution in [2.75, 3.05) is 23.5 Å². The summed E-state index contributed by atoms with van der Waals surface area (Å²) in [5.74, 6) is 0.407. The van der Waals surface area contributed by atoms with Crippen LogP contribution in [0.25, 0.3) is 0 Å². The molecule has 2 amide bonds. The zero-order valence-corrected chi connectivity index (χ0v) is 20.5. The van der Waals surface area contributed by atoms with Gasteiger partial charge in [-0.05, 0) is 55.8 Å². The highest BCUT2D eigenvalue weighted by Gasteiger charge is 2.35. The Morgan fingerprint density at radius 1 is 1.03 bits per heavy atom. The molecule has 0 bridgehead atoms. The molecule has 0 unspecified atom stereocenters. The Balaban J connectivity index is 1.35. The maximum atomic E-state index is 12.7. The van der Waals surface area contributed by atoms with Crippen LogP contribution in [0.4, 0.5) is 11.4 Å². The van der Waals surface area contributed by atoms with Crippen LogP contribution >= 0.6 is 11.6 Å². The van der Waals surface area contributed by atoms with Gasteiger partial charge in [-0.25, -0.2) is 0 Å². The first-order valence-electron chi connectivity index (χ1n) is 11.5. The highest BCUT2D eigenvalue weighted by Crippen LogP contribution is 2.31. The first kappa shape index (κ1) is 24.4. The zero-order chi connectivity index (χ0) is 24.8. The Morgan fingerprint density at radius 3 is 2.49 bits per heavy atom. The van der Waals surface area contributed by atoms with Crippen LogP contribution in [0.15, 0.2) is 66.7 Å². The number of nitrogens with one attached hydrogen (secondary N) is 2. The summed E-state index contributed by atoms with van der Waals surface area (Å²) in [5, 5.41) is 0.672. The van der Waals surface area contributed by atoms with E-state index in [1.165, 1.54) is 0 Å². The fraction of sp³-hybridized carbons (Fsp3) is 0.259. The molecule has 2 N–H and O–H groups in total. The van der Waals surface area contributed by atoms with E-state index in [1.54, 1.807) is 23.1 Å². The minimum absolute atomic E-state index is 0.0603. The number of amides is 2. The summed E-state index contributed by atoms with van der Waals surface area (Å²) in [4.78, 5) is 26.9. The molecule has 0 radical (unpaired) electrons. The van der Waals surface area contributed by atoms with E-state index in [9.17, 15) is 9.59 Å². The highest BCUT2D eigenvalue weighted by atomic mass is 35.5. The van der Waals surface area contributed by atoms with Crippen molar-refractivity contribution in [3.05, 3.63) is 82.9 Å². The lowest BCUT2D eigenvalue weighted by Crippen LogP contribution is -2.36. The molecule has 3 aromatic rings. The predicted molar refractivity (Wildman–Crippen MR) is 137 cm³/mol. The third-order valence-electron chi connectivity index (χ3n) is 5.72. The Hall–Kier alpha value is -3.71. The number of hydrogen-bond donors (Lipinski definition) is 2. The quantitative estimate of drug-likeness (QED) is 0.404. The molecule has 35 heavy (non-hydrogen) atoms. The van der Waals surface area contributed by atoms with Crippen LogP contribution in [0.2, 0.25) is 5.02 Å². The predicted octanol–water partition coefficient (Wildman–Crippen LogP) is 5.12. The number of aryl methyl sites for hydroxylation is 1. The van der Waals surface area contributed by atoms with Gasteiger partial charge in [-0.15, -0.1) is 0 Å².